The number of hydrogen-bond acceptors (Lipinski definition) is 5. The van der Waals surface area contributed by atoms with Gasteiger partial charge < -0.3 is 9.84 Å². The Labute approximate surface area is 184 Å². The molecule has 3 rings (SSSR count). The molecule has 0 fully saturated rings. The summed E-state index contributed by atoms with van der Waals surface area (Å²) >= 11 is 6.11. The Bertz CT molecular complexity index is 1190. The molecule has 0 bridgehead atoms. The molecule has 1 aromatic heterocycles. The fourth-order valence-electron chi connectivity index (χ4n) is 2.94. The van der Waals surface area contributed by atoms with Gasteiger partial charge >= 0.3 is 0 Å². The molecule has 0 aliphatic heterocycles. The van der Waals surface area contributed by atoms with Gasteiger partial charge in [0.2, 0.25) is 10.0 Å². The number of nitrogens with one attached hydrogen (secondary N) is 2. The molecule has 0 aliphatic carbocycles. The molecule has 7 nitrogen and oxygen atoms in total. The van der Waals surface area contributed by atoms with Crippen LogP contribution in [0.4, 0.5) is 10.1 Å². The van der Waals surface area contributed by atoms with Gasteiger partial charge in [0.25, 0.3) is 5.91 Å². The molecule has 0 atom stereocenters. The second-order valence-electron chi connectivity index (χ2n) is 6.79. The zero-order valence-electron chi connectivity index (χ0n) is 16.9. The molecule has 0 saturated heterocycles. The number of nitrogens with zero attached hydrogens (tertiary/aromatic N) is 1. The third-order valence-electron chi connectivity index (χ3n) is 4.51. The summed E-state index contributed by atoms with van der Waals surface area (Å²) < 4.78 is 46.9. The molecule has 0 unspecified atom stereocenters. The van der Waals surface area contributed by atoms with Gasteiger partial charge in [0.05, 0.1) is 15.5 Å². The SMILES string of the molecule is CCCCNS(=O)(=O)c1cccc(NC(=O)c2c(-c3c(F)cccc3Cl)noc2C)c1. The van der Waals surface area contributed by atoms with E-state index in [4.69, 9.17) is 16.1 Å². The molecule has 1 amide bonds. The Morgan fingerprint density at radius 3 is 2.68 bits per heavy atom. The third kappa shape index (κ3) is 5.12. The second-order valence-corrected chi connectivity index (χ2v) is 8.97. The minimum absolute atomic E-state index is 0.00123. The van der Waals surface area contributed by atoms with Gasteiger partial charge in [-0.25, -0.2) is 17.5 Å². The predicted octanol–water partition coefficient (Wildman–Crippen LogP) is 4.77. The highest BCUT2D eigenvalue weighted by Gasteiger charge is 2.25. The van der Waals surface area contributed by atoms with Gasteiger partial charge in [-0.3, -0.25) is 4.79 Å². The summed E-state index contributed by atoms with van der Waals surface area (Å²) in [5.74, 6) is -1.13. The van der Waals surface area contributed by atoms with Crippen LogP contribution in [0, 0.1) is 12.7 Å². The van der Waals surface area contributed by atoms with E-state index in [1.54, 1.807) is 6.07 Å². The van der Waals surface area contributed by atoms with Gasteiger partial charge in [-0.15, -0.1) is 0 Å². The highest BCUT2D eigenvalue weighted by atomic mass is 35.5. The van der Waals surface area contributed by atoms with Crippen molar-refractivity contribution in [1.82, 2.24) is 9.88 Å². The fourth-order valence-corrected chi connectivity index (χ4v) is 4.31. The van der Waals surface area contributed by atoms with Crippen molar-refractivity contribution in [3.63, 3.8) is 0 Å². The van der Waals surface area contributed by atoms with E-state index in [1.807, 2.05) is 6.92 Å². The monoisotopic (exact) mass is 465 g/mol. The van der Waals surface area contributed by atoms with E-state index in [-0.39, 0.29) is 38.2 Å². The molecule has 31 heavy (non-hydrogen) atoms. The smallest absolute Gasteiger partial charge is 0.261 e. The quantitative estimate of drug-likeness (QED) is 0.466. The topological polar surface area (TPSA) is 101 Å². The number of aromatic nitrogens is 1. The lowest BCUT2D eigenvalue weighted by atomic mass is 10.0. The van der Waals surface area contributed by atoms with Crippen LogP contribution in [0.1, 0.15) is 35.9 Å². The first-order valence-corrected chi connectivity index (χ1v) is 11.4. The number of amides is 1. The van der Waals surface area contributed by atoms with Crippen molar-refractivity contribution in [3.8, 4) is 11.3 Å². The molecule has 2 N–H and O–H groups in total. The summed E-state index contributed by atoms with van der Waals surface area (Å²) in [5, 5.41) is 6.50. The van der Waals surface area contributed by atoms with Crippen molar-refractivity contribution in [1.29, 1.82) is 0 Å². The Hall–Kier alpha value is -2.75. The maximum atomic E-state index is 14.4. The van der Waals surface area contributed by atoms with Crippen LogP contribution in [0.2, 0.25) is 5.02 Å². The zero-order valence-corrected chi connectivity index (χ0v) is 18.5. The number of anilines is 1. The van der Waals surface area contributed by atoms with Crippen molar-refractivity contribution in [2.75, 3.05) is 11.9 Å². The lowest BCUT2D eigenvalue weighted by Gasteiger charge is -2.10. The van der Waals surface area contributed by atoms with E-state index >= 15 is 0 Å². The second kappa shape index (κ2) is 9.59. The average Bonchev–Trinajstić information content (AvgIpc) is 3.09. The van der Waals surface area contributed by atoms with Crippen LogP contribution in [-0.2, 0) is 10.0 Å². The minimum Gasteiger partial charge on any atom is -0.360 e. The standard InChI is InChI=1S/C21H21ClFN3O4S/c1-3-4-11-24-31(28,29)15-8-5-7-14(12-15)25-21(27)18-13(2)30-26-20(18)19-16(22)9-6-10-17(19)23/h5-10,12,24H,3-4,11H2,1-2H3,(H,25,27). The number of carbonyl (C=O) groups is 1. The third-order valence-corrected chi connectivity index (χ3v) is 6.29. The maximum absolute atomic E-state index is 14.4. The first-order chi connectivity index (χ1) is 14.7. The number of carbonyl (C=O) groups excluding carboxylic acids is 1. The van der Waals surface area contributed by atoms with Crippen LogP contribution in [0.25, 0.3) is 11.3 Å². The van der Waals surface area contributed by atoms with Crippen molar-refractivity contribution in [3.05, 3.63) is 64.6 Å². The van der Waals surface area contributed by atoms with Gasteiger partial charge in [-0.05, 0) is 43.7 Å². The molecule has 0 spiro atoms. The van der Waals surface area contributed by atoms with Gasteiger partial charge in [0, 0.05) is 12.2 Å². The molecule has 0 saturated carbocycles. The molecule has 164 valence electrons. The van der Waals surface area contributed by atoms with E-state index in [1.165, 1.54) is 43.3 Å². The Morgan fingerprint density at radius 1 is 1.23 bits per heavy atom. The summed E-state index contributed by atoms with van der Waals surface area (Å²) in [6.45, 7) is 3.79. The molecule has 3 aromatic rings. The van der Waals surface area contributed by atoms with Gasteiger partial charge in [0.1, 0.15) is 22.8 Å². The van der Waals surface area contributed by atoms with E-state index < -0.39 is 21.7 Å². The van der Waals surface area contributed by atoms with Gasteiger partial charge in [-0.1, -0.05) is 42.2 Å². The van der Waals surface area contributed by atoms with Crippen LogP contribution in [0.3, 0.4) is 0 Å². The number of sulfonamides is 1. The number of benzene rings is 2. The predicted molar refractivity (Wildman–Crippen MR) is 116 cm³/mol. The number of halogens is 2. The normalized spacial score (nSPS) is 11.5. The van der Waals surface area contributed by atoms with Crippen molar-refractivity contribution >= 4 is 33.2 Å². The highest BCUT2D eigenvalue weighted by molar-refractivity contribution is 7.89. The summed E-state index contributed by atoms with van der Waals surface area (Å²) in [4.78, 5) is 13.0. The van der Waals surface area contributed by atoms with Crippen LogP contribution in [0.5, 0.6) is 0 Å². The average molecular weight is 466 g/mol. The number of aryl methyl sites for hydroxylation is 1. The number of hydrogen-bond donors (Lipinski definition) is 2. The number of unbranched alkanes of at least 4 members (excludes halogenated alkanes) is 1. The van der Waals surface area contributed by atoms with Crippen molar-refractivity contribution < 1.29 is 22.1 Å². The maximum Gasteiger partial charge on any atom is 0.261 e. The first-order valence-electron chi connectivity index (χ1n) is 9.56. The van der Waals surface area contributed by atoms with E-state index in [0.29, 0.717) is 13.0 Å². The summed E-state index contributed by atoms with van der Waals surface area (Å²) in [6, 6.07) is 9.94. The Morgan fingerprint density at radius 2 is 1.97 bits per heavy atom. The van der Waals surface area contributed by atoms with Crippen LogP contribution in [-0.4, -0.2) is 26.0 Å². The minimum atomic E-state index is -3.71. The molecule has 1 heterocycles. The molecule has 10 heteroatoms. The van der Waals surface area contributed by atoms with E-state index in [2.05, 4.69) is 15.2 Å². The van der Waals surface area contributed by atoms with Crippen molar-refractivity contribution in [2.45, 2.75) is 31.6 Å². The summed E-state index contributed by atoms with van der Waals surface area (Å²) in [6.07, 6.45) is 1.56. The van der Waals surface area contributed by atoms with Gasteiger partial charge in [-0.2, -0.15) is 0 Å². The van der Waals surface area contributed by atoms with Crippen LogP contribution < -0.4 is 10.0 Å². The molecule has 0 radical (unpaired) electrons. The molecular formula is C21H21ClFN3O4S. The Balaban J connectivity index is 1.90. The number of rotatable bonds is 8. The van der Waals surface area contributed by atoms with Gasteiger partial charge in [0.15, 0.2) is 0 Å². The van der Waals surface area contributed by atoms with Crippen LogP contribution >= 0.6 is 11.6 Å². The van der Waals surface area contributed by atoms with Crippen LogP contribution in [0.15, 0.2) is 51.9 Å². The lowest BCUT2D eigenvalue weighted by Crippen LogP contribution is -2.24. The van der Waals surface area contributed by atoms with E-state index in [9.17, 15) is 17.6 Å². The largest absolute Gasteiger partial charge is 0.360 e. The van der Waals surface area contributed by atoms with Crippen molar-refractivity contribution in [2.24, 2.45) is 0 Å². The summed E-state index contributed by atoms with van der Waals surface area (Å²) in [7, 11) is -3.71. The molecule has 0 aliphatic rings. The highest BCUT2D eigenvalue weighted by Crippen LogP contribution is 2.33. The zero-order chi connectivity index (χ0) is 22.6. The molecular weight excluding hydrogens is 445 g/mol. The summed E-state index contributed by atoms with van der Waals surface area (Å²) in [5.41, 5.74) is 0.154. The van der Waals surface area contributed by atoms with E-state index in [0.717, 1.165) is 6.42 Å². The Kier molecular flexibility index (Phi) is 7.09. The fraction of sp³-hybridized carbons (Fsp3) is 0.238. The lowest BCUT2D eigenvalue weighted by molar-refractivity contribution is 0.102. The first kappa shape index (κ1) is 22.9. The molecule has 2 aromatic carbocycles.